The lowest BCUT2D eigenvalue weighted by Crippen LogP contribution is -2.55. The van der Waals surface area contributed by atoms with Crippen molar-refractivity contribution in [3.63, 3.8) is 0 Å². The van der Waals surface area contributed by atoms with E-state index in [2.05, 4.69) is 10.2 Å². The summed E-state index contributed by atoms with van der Waals surface area (Å²) in [4.78, 5) is 14.3. The first kappa shape index (κ1) is 17.2. The van der Waals surface area contributed by atoms with Crippen molar-refractivity contribution >= 4 is 5.91 Å². The molecule has 24 heavy (non-hydrogen) atoms. The molecule has 1 spiro atoms. The van der Waals surface area contributed by atoms with Crippen LogP contribution in [-0.4, -0.2) is 41.7 Å². The average molecular weight is 342 g/mol. The van der Waals surface area contributed by atoms with Crippen molar-refractivity contribution in [1.82, 2.24) is 10.2 Å². The van der Waals surface area contributed by atoms with Crippen LogP contribution < -0.4 is 5.32 Å². The largest absolute Gasteiger partial charge is 0.416 e. The minimum absolute atomic E-state index is 0.0157. The Labute approximate surface area is 138 Å². The molecule has 4 nitrogen and oxygen atoms in total. The highest BCUT2D eigenvalue weighted by atomic mass is 19.4. The van der Waals surface area contributed by atoms with E-state index in [1.165, 1.54) is 12.1 Å². The van der Waals surface area contributed by atoms with E-state index in [0.717, 1.165) is 17.7 Å². The second-order valence-electron chi connectivity index (χ2n) is 6.82. The fourth-order valence-electron chi connectivity index (χ4n) is 3.64. The molecule has 0 aliphatic carbocycles. The third-order valence-electron chi connectivity index (χ3n) is 5.11. The van der Waals surface area contributed by atoms with Gasteiger partial charge in [-0.25, -0.2) is 0 Å². The number of aliphatic hydroxyl groups excluding tert-OH is 1. The van der Waals surface area contributed by atoms with Crippen LogP contribution >= 0.6 is 0 Å². The van der Waals surface area contributed by atoms with Crippen LogP contribution in [0.25, 0.3) is 0 Å². The maximum absolute atomic E-state index is 12.6. The Morgan fingerprint density at radius 1 is 1.21 bits per heavy atom. The summed E-state index contributed by atoms with van der Waals surface area (Å²) in [6, 6.07) is 5.21. The molecule has 2 heterocycles. The molecule has 1 amide bonds. The SMILES string of the molecule is O=C1NCC(O)CC12CCN(Cc1ccc(C(F)(F)F)cc1)CC2. The van der Waals surface area contributed by atoms with E-state index in [1.807, 2.05) is 0 Å². The highest BCUT2D eigenvalue weighted by Crippen LogP contribution is 2.38. The van der Waals surface area contributed by atoms with Gasteiger partial charge >= 0.3 is 6.18 Å². The van der Waals surface area contributed by atoms with Gasteiger partial charge in [0.25, 0.3) is 0 Å². The number of likely N-dealkylation sites (tertiary alicyclic amines) is 1. The summed E-state index contributed by atoms with van der Waals surface area (Å²) in [6.07, 6.45) is -2.99. The molecule has 1 aromatic carbocycles. The zero-order valence-electron chi connectivity index (χ0n) is 13.3. The van der Waals surface area contributed by atoms with Gasteiger partial charge in [0.2, 0.25) is 5.91 Å². The van der Waals surface area contributed by atoms with Crippen molar-refractivity contribution in [2.45, 2.75) is 38.1 Å². The smallest absolute Gasteiger partial charge is 0.391 e. The van der Waals surface area contributed by atoms with Crippen LogP contribution in [-0.2, 0) is 17.5 Å². The van der Waals surface area contributed by atoms with E-state index >= 15 is 0 Å². The topological polar surface area (TPSA) is 52.6 Å². The Bertz CT molecular complexity index is 593. The molecule has 2 saturated heterocycles. The van der Waals surface area contributed by atoms with Gasteiger partial charge in [-0.05, 0) is 50.0 Å². The third kappa shape index (κ3) is 3.57. The highest BCUT2D eigenvalue weighted by molar-refractivity contribution is 5.83. The maximum atomic E-state index is 12.6. The van der Waals surface area contributed by atoms with Gasteiger partial charge in [-0.15, -0.1) is 0 Å². The summed E-state index contributed by atoms with van der Waals surface area (Å²) in [6.45, 7) is 2.27. The second kappa shape index (κ2) is 6.37. The summed E-state index contributed by atoms with van der Waals surface area (Å²) in [5.41, 5.74) is -0.308. The number of halogens is 3. The number of rotatable bonds is 2. The zero-order valence-corrected chi connectivity index (χ0v) is 13.3. The molecule has 7 heteroatoms. The van der Waals surface area contributed by atoms with Gasteiger partial charge in [-0.1, -0.05) is 12.1 Å². The number of alkyl halides is 3. The van der Waals surface area contributed by atoms with Gasteiger partial charge in [-0.3, -0.25) is 9.69 Å². The average Bonchev–Trinajstić information content (AvgIpc) is 2.53. The number of β-amino-alcohol motifs (C(OH)–C–C–N with tert-alkyl or cyclic N) is 1. The lowest BCUT2D eigenvalue weighted by atomic mass is 9.71. The van der Waals surface area contributed by atoms with Crippen LogP contribution in [0.2, 0.25) is 0 Å². The fourth-order valence-corrected chi connectivity index (χ4v) is 3.64. The molecule has 1 aromatic rings. The summed E-state index contributed by atoms with van der Waals surface area (Å²) in [5, 5.41) is 12.6. The van der Waals surface area contributed by atoms with Crippen LogP contribution in [0.1, 0.15) is 30.4 Å². The fraction of sp³-hybridized carbons (Fsp3) is 0.588. The molecular weight excluding hydrogens is 321 g/mol. The van der Waals surface area contributed by atoms with E-state index in [0.29, 0.717) is 45.4 Å². The van der Waals surface area contributed by atoms with Crippen molar-refractivity contribution in [3.05, 3.63) is 35.4 Å². The summed E-state index contributed by atoms with van der Waals surface area (Å²) in [5.74, 6) is 0.0157. The third-order valence-corrected chi connectivity index (χ3v) is 5.11. The Hall–Kier alpha value is -1.60. The molecule has 2 fully saturated rings. The number of piperidine rings is 2. The normalized spacial score (nSPS) is 24.8. The standard InChI is InChI=1S/C17H21F3N2O2/c18-17(19,20)13-3-1-12(2-4-13)11-22-7-5-16(6-8-22)9-14(23)10-21-15(16)24/h1-4,14,23H,5-11H2,(H,21,24). The van der Waals surface area contributed by atoms with E-state index in [1.54, 1.807) is 0 Å². The first-order chi connectivity index (χ1) is 11.3. The van der Waals surface area contributed by atoms with Gasteiger partial charge in [0, 0.05) is 13.1 Å². The molecule has 2 N–H and O–H groups in total. The summed E-state index contributed by atoms with van der Waals surface area (Å²) in [7, 11) is 0. The first-order valence-corrected chi connectivity index (χ1v) is 8.13. The molecular formula is C17H21F3N2O2. The van der Waals surface area contributed by atoms with Crippen LogP contribution in [0.3, 0.4) is 0 Å². The van der Waals surface area contributed by atoms with Gasteiger partial charge in [0.1, 0.15) is 0 Å². The van der Waals surface area contributed by atoms with Crippen molar-refractivity contribution < 1.29 is 23.1 Å². The van der Waals surface area contributed by atoms with E-state index in [4.69, 9.17) is 0 Å². The zero-order chi connectivity index (χ0) is 17.4. The molecule has 0 aromatic heterocycles. The van der Waals surface area contributed by atoms with Crippen LogP contribution in [0.4, 0.5) is 13.2 Å². The minimum atomic E-state index is -4.31. The molecule has 0 bridgehead atoms. The summed E-state index contributed by atoms with van der Waals surface area (Å²) >= 11 is 0. The van der Waals surface area contributed by atoms with Gasteiger partial charge in [-0.2, -0.15) is 13.2 Å². The second-order valence-corrected chi connectivity index (χ2v) is 6.82. The molecule has 1 atom stereocenters. The number of benzene rings is 1. The number of carbonyl (C=O) groups is 1. The number of amides is 1. The van der Waals surface area contributed by atoms with E-state index < -0.39 is 23.3 Å². The van der Waals surface area contributed by atoms with Gasteiger partial charge < -0.3 is 10.4 Å². The van der Waals surface area contributed by atoms with Crippen LogP contribution in [0.5, 0.6) is 0 Å². The first-order valence-electron chi connectivity index (χ1n) is 8.13. The number of carbonyl (C=O) groups excluding carboxylic acids is 1. The van der Waals surface area contributed by atoms with Crippen molar-refractivity contribution in [2.24, 2.45) is 5.41 Å². The molecule has 2 aliphatic heterocycles. The van der Waals surface area contributed by atoms with Crippen molar-refractivity contribution in [1.29, 1.82) is 0 Å². The van der Waals surface area contributed by atoms with E-state index in [9.17, 15) is 23.1 Å². The summed E-state index contributed by atoms with van der Waals surface area (Å²) < 4.78 is 37.7. The molecule has 0 saturated carbocycles. The minimum Gasteiger partial charge on any atom is -0.391 e. The van der Waals surface area contributed by atoms with Crippen LogP contribution in [0, 0.1) is 5.41 Å². The molecule has 2 aliphatic rings. The number of hydrogen-bond donors (Lipinski definition) is 2. The van der Waals surface area contributed by atoms with Crippen LogP contribution in [0.15, 0.2) is 24.3 Å². The monoisotopic (exact) mass is 342 g/mol. The number of aliphatic hydroxyl groups is 1. The number of hydrogen-bond acceptors (Lipinski definition) is 3. The van der Waals surface area contributed by atoms with Gasteiger partial charge in [0.15, 0.2) is 0 Å². The van der Waals surface area contributed by atoms with Crippen molar-refractivity contribution in [2.75, 3.05) is 19.6 Å². The number of nitrogens with zero attached hydrogens (tertiary/aromatic N) is 1. The van der Waals surface area contributed by atoms with Gasteiger partial charge in [0.05, 0.1) is 17.1 Å². The highest BCUT2D eigenvalue weighted by Gasteiger charge is 2.45. The predicted octanol–water partition coefficient (Wildman–Crippen LogP) is 2.17. The Morgan fingerprint density at radius 3 is 2.42 bits per heavy atom. The molecule has 3 rings (SSSR count). The van der Waals surface area contributed by atoms with E-state index in [-0.39, 0.29) is 5.91 Å². The number of nitrogens with one attached hydrogen (secondary N) is 1. The quantitative estimate of drug-likeness (QED) is 0.866. The lowest BCUT2D eigenvalue weighted by molar-refractivity contribution is -0.141. The van der Waals surface area contributed by atoms with Crippen molar-refractivity contribution in [3.8, 4) is 0 Å². The molecule has 1 unspecified atom stereocenters. The lowest BCUT2D eigenvalue weighted by Gasteiger charge is -2.44. The Morgan fingerprint density at radius 2 is 1.83 bits per heavy atom. The molecule has 132 valence electrons. The molecule has 0 radical (unpaired) electrons. The maximum Gasteiger partial charge on any atom is 0.416 e. The predicted molar refractivity (Wildman–Crippen MR) is 82.0 cm³/mol. The Balaban J connectivity index is 1.58. The Kier molecular flexibility index (Phi) is 4.57.